The van der Waals surface area contributed by atoms with Crippen molar-refractivity contribution >= 4 is 23.2 Å². The van der Waals surface area contributed by atoms with Crippen LogP contribution in [-0.4, -0.2) is 36.5 Å². The maximum Gasteiger partial charge on any atom is 0.442 e. The maximum atomic E-state index is 16.1. The SMILES string of the molecule is CC(C)(C)C1=Nc2ccc(Cc3ccc4c(c3)C(C(F)(F)F)(C(F)(F)F)OC(C(F)(F)c3ccc(-c5ccc(C(F)(F)C(C)(C)C)cc5)cc3)=N4)cc2C(C(F)(F)F)(C(F)(F)F)O1. The van der Waals surface area contributed by atoms with Gasteiger partial charge < -0.3 is 9.47 Å². The molecule has 4 aromatic carbocycles. The predicted octanol–water partition coefficient (Wildman–Crippen LogP) is 14.7. The van der Waals surface area contributed by atoms with Crippen molar-refractivity contribution in [3.05, 3.63) is 118 Å². The lowest BCUT2D eigenvalue weighted by Crippen LogP contribution is -2.59. The van der Waals surface area contributed by atoms with E-state index in [1.165, 1.54) is 53.7 Å². The van der Waals surface area contributed by atoms with Crippen molar-refractivity contribution in [2.75, 3.05) is 0 Å². The summed E-state index contributed by atoms with van der Waals surface area (Å²) in [5, 5.41) is 0. The molecular formula is C43H34F16N2O2. The Balaban J connectivity index is 1.41. The highest BCUT2D eigenvalue weighted by atomic mass is 19.4. The first-order valence-corrected chi connectivity index (χ1v) is 18.6. The third kappa shape index (κ3) is 7.78. The van der Waals surface area contributed by atoms with Gasteiger partial charge in [0.25, 0.3) is 11.8 Å². The molecule has 0 unspecified atom stereocenters. The Kier molecular flexibility index (Phi) is 10.9. The molecule has 6 rings (SSSR count). The van der Waals surface area contributed by atoms with Gasteiger partial charge in [-0.25, -0.2) is 18.8 Å². The second-order valence-electron chi connectivity index (χ2n) is 17.1. The molecule has 0 spiro atoms. The first-order valence-electron chi connectivity index (χ1n) is 18.6. The number of halogens is 16. The third-order valence-electron chi connectivity index (χ3n) is 10.5. The molecule has 4 nitrogen and oxygen atoms in total. The predicted molar refractivity (Wildman–Crippen MR) is 198 cm³/mol. The van der Waals surface area contributed by atoms with Gasteiger partial charge in [-0.1, -0.05) is 102 Å². The first kappa shape index (κ1) is 47.2. The van der Waals surface area contributed by atoms with E-state index in [9.17, 15) is 61.5 Å². The van der Waals surface area contributed by atoms with E-state index in [2.05, 4.69) is 19.5 Å². The fourth-order valence-corrected chi connectivity index (χ4v) is 6.96. The van der Waals surface area contributed by atoms with Crippen molar-refractivity contribution in [1.82, 2.24) is 0 Å². The number of alkyl halides is 16. The molecule has 0 atom stereocenters. The highest BCUT2D eigenvalue weighted by molar-refractivity contribution is 5.90. The summed E-state index contributed by atoms with van der Waals surface area (Å²) in [4.78, 5) is 7.18. The number of ether oxygens (including phenoxy) is 2. The second kappa shape index (κ2) is 14.6. The average Bonchev–Trinajstić information content (AvgIpc) is 3.14. The van der Waals surface area contributed by atoms with Gasteiger partial charge in [0.05, 0.1) is 11.4 Å². The van der Waals surface area contributed by atoms with Crippen LogP contribution in [0, 0.1) is 10.8 Å². The molecule has 0 fully saturated rings. The molecule has 0 bridgehead atoms. The molecule has 0 aromatic heterocycles. The van der Waals surface area contributed by atoms with Gasteiger partial charge in [0.2, 0.25) is 0 Å². The van der Waals surface area contributed by atoms with Gasteiger partial charge in [-0.2, -0.15) is 61.5 Å². The van der Waals surface area contributed by atoms with Crippen molar-refractivity contribution < 1.29 is 79.7 Å². The number of hydrogen-bond donors (Lipinski definition) is 0. The van der Waals surface area contributed by atoms with Crippen LogP contribution >= 0.6 is 0 Å². The quantitative estimate of drug-likeness (QED) is 0.181. The Morgan fingerprint density at radius 3 is 1.14 bits per heavy atom. The summed E-state index contributed by atoms with van der Waals surface area (Å²) in [5.74, 6) is -11.3. The lowest BCUT2D eigenvalue weighted by molar-refractivity contribution is -0.373. The van der Waals surface area contributed by atoms with E-state index >= 15 is 8.78 Å². The lowest BCUT2D eigenvalue weighted by atomic mass is 9.83. The number of hydrogen-bond acceptors (Lipinski definition) is 4. The average molecular weight is 915 g/mol. The molecule has 63 heavy (non-hydrogen) atoms. The maximum absolute atomic E-state index is 16.1. The molecule has 0 N–H and O–H groups in total. The molecule has 0 saturated carbocycles. The van der Waals surface area contributed by atoms with E-state index in [-0.39, 0.29) is 22.8 Å². The highest BCUT2D eigenvalue weighted by Crippen LogP contribution is 2.60. The van der Waals surface area contributed by atoms with Crippen LogP contribution in [0.2, 0.25) is 0 Å². The molecule has 2 aliphatic rings. The van der Waals surface area contributed by atoms with Crippen LogP contribution < -0.4 is 0 Å². The minimum absolute atomic E-state index is 0.154. The van der Waals surface area contributed by atoms with Crippen LogP contribution in [0.5, 0.6) is 0 Å². The van der Waals surface area contributed by atoms with Crippen LogP contribution in [0.4, 0.5) is 81.6 Å². The van der Waals surface area contributed by atoms with Crippen LogP contribution in [0.1, 0.15) is 74.9 Å². The topological polar surface area (TPSA) is 43.2 Å². The molecule has 20 heteroatoms. The number of aliphatic imine (C=N–C) groups is 2. The van der Waals surface area contributed by atoms with E-state index in [0.717, 1.165) is 42.5 Å². The van der Waals surface area contributed by atoms with E-state index in [1.807, 2.05) is 0 Å². The molecule has 0 radical (unpaired) electrons. The zero-order valence-electron chi connectivity index (χ0n) is 33.5. The standard InChI is InChI=1S/C43H34F16N2O2/c1-34(2,3)32-60-30-17-7-22(20-28(30)37(62-32,40(48,49)50)41(51,52)53)19-23-8-18-31-29(21-23)38(42(54,55)56,43(57,58)59)63-33(61-31)36(44,45)26-13-9-24(10-14-26)25-11-15-27(16-12-25)39(46,47)35(4,5)6/h7-18,20-21H,19H2,1-6H3. The third-order valence-corrected chi connectivity index (χ3v) is 10.5. The van der Waals surface area contributed by atoms with Crippen LogP contribution in [0.25, 0.3) is 11.1 Å². The number of benzene rings is 4. The molecule has 340 valence electrons. The molecule has 0 saturated heterocycles. The lowest BCUT2D eigenvalue weighted by Gasteiger charge is -2.42. The Hall–Kier alpha value is -5.30. The number of rotatable bonds is 6. The molecule has 0 amide bonds. The summed E-state index contributed by atoms with van der Waals surface area (Å²) >= 11 is 0. The summed E-state index contributed by atoms with van der Waals surface area (Å²) in [6.07, 6.45) is -26.3. The summed E-state index contributed by atoms with van der Waals surface area (Å²) in [6, 6.07) is 11.6. The monoisotopic (exact) mass is 914 g/mol. The van der Waals surface area contributed by atoms with E-state index in [0.29, 0.717) is 24.3 Å². The smallest absolute Gasteiger partial charge is 0.442 e. The highest BCUT2D eigenvalue weighted by Gasteiger charge is 2.78. The van der Waals surface area contributed by atoms with Crippen LogP contribution in [0.3, 0.4) is 0 Å². The van der Waals surface area contributed by atoms with Gasteiger partial charge in [-0.15, -0.1) is 0 Å². The fraction of sp³-hybridized carbons (Fsp3) is 0.395. The minimum atomic E-state index is -6.54. The molecule has 0 aliphatic carbocycles. The Bertz CT molecular complexity index is 2420. The van der Waals surface area contributed by atoms with E-state index in [4.69, 9.17) is 0 Å². The van der Waals surface area contributed by atoms with Crippen molar-refractivity contribution in [3.8, 4) is 11.1 Å². The van der Waals surface area contributed by atoms with E-state index < -0.39 is 116 Å². The van der Waals surface area contributed by atoms with Gasteiger partial charge in [0.1, 0.15) is 0 Å². The molecular weight excluding hydrogens is 880 g/mol. The summed E-state index contributed by atoms with van der Waals surface area (Å²) in [7, 11) is 0. The van der Waals surface area contributed by atoms with Crippen molar-refractivity contribution in [1.29, 1.82) is 0 Å². The number of nitrogens with zero attached hydrogens (tertiary/aromatic N) is 2. The van der Waals surface area contributed by atoms with Crippen LogP contribution in [-0.2, 0) is 38.9 Å². The Labute approximate surface area is 348 Å². The zero-order valence-corrected chi connectivity index (χ0v) is 33.5. The van der Waals surface area contributed by atoms with Crippen molar-refractivity contribution in [2.45, 2.75) is 95.7 Å². The van der Waals surface area contributed by atoms with Gasteiger partial charge in [-0.05, 0) is 52.9 Å². The van der Waals surface area contributed by atoms with Gasteiger partial charge >= 0.3 is 41.8 Å². The largest absolute Gasteiger partial charge is 0.450 e. The molecule has 4 aromatic rings. The fourth-order valence-electron chi connectivity index (χ4n) is 6.96. The second-order valence-corrected chi connectivity index (χ2v) is 17.1. The van der Waals surface area contributed by atoms with Gasteiger partial charge in [0, 0.05) is 33.1 Å². The zero-order chi connectivity index (χ0) is 47.4. The first-order chi connectivity index (χ1) is 28.5. The van der Waals surface area contributed by atoms with Gasteiger partial charge in [-0.3, -0.25) is 0 Å². The summed E-state index contributed by atoms with van der Waals surface area (Å²) in [5.41, 5.74) is -21.2. The summed E-state index contributed by atoms with van der Waals surface area (Å²) in [6.45, 7) is 7.66. The normalized spacial score (nSPS) is 17.2. The Morgan fingerprint density at radius 2 is 0.794 bits per heavy atom. The van der Waals surface area contributed by atoms with E-state index in [1.54, 1.807) is 0 Å². The van der Waals surface area contributed by atoms with Crippen molar-refractivity contribution in [3.63, 3.8) is 0 Å². The minimum Gasteiger partial charge on any atom is -0.450 e. The van der Waals surface area contributed by atoms with Crippen LogP contribution in [0.15, 0.2) is 94.9 Å². The molecule has 2 aliphatic heterocycles. The molecule has 2 heterocycles. The Morgan fingerprint density at radius 1 is 0.444 bits per heavy atom. The number of fused-ring (bicyclic) bond motifs is 2. The van der Waals surface area contributed by atoms with Gasteiger partial charge in [0.15, 0.2) is 5.90 Å². The summed E-state index contributed by atoms with van der Waals surface area (Å²) < 4.78 is 247. The van der Waals surface area contributed by atoms with Crippen molar-refractivity contribution in [2.24, 2.45) is 20.8 Å².